The Morgan fingerprint density at radius 3 is 2.26 bits per heavy atom. The third-order valence-corrected chi connectivity index (χ3v) is 7.01. The zero-order valence-electron chi connectivity index (χ0n) is 23.0. The SMILES string of the molecule is COc1ccc(C2CC(=O)C3=C(C2)NC(C)=C(C(=O)OC(C)C)C3c2cccc(OC)c2OC)cc1OC. The van der Waals surface area contributed by atoms with Crippen molar-refractivity contribution in [1.82, 2.24) is 5.32 Å². The highest BCUT2D eigenvalue weighted by molar-refractivity contribution is 6.04. The Morgan fingerprint density at radius 1 is 0.921 bits per heavy atom. The second-order valence-corrected chi connectivity index (χ2v) is 9.67. The van der Waals surface area contributed by atoms with Crippen LogP contribution in [0.2, 0.25) is 0 Å². The average molecular weight is 522 g/mol. The van der Waals surface area contributed by atoms with Gasteiger partial charge in [-0.15, -0.1) is 0 Å². The summed E-state index contributed by atoms with van der Waals surface area (Å²) in [6.07, 6.45) is 0.551. The molecule has 0 saturated heterocycles. The van der Waals surface area contributed by atoms with Crippen LogP contribution < -0.4 is 24.3 Å². The average Bonchev–Trinajstić information content (AvgIpc) is 2.90. The van der Waals surface area contributed by atoms with Gasteiger partial charge in [-0.2, -0.15) is 0 Å². The molecule has 2 aromatic rings. The predicted molar refractivity (Wildman–Crippen MR) is 143 cm³/mol. The molecule has 2 aliphatic rings. The highest BCUT2D eigenvalue weighted by atomic mass is 16.5. The van der Waals surface area contributed by atoms with Crippen LogP contribution in [0.1, 0.15) is 56.6 Å². The van der Waals surface area contributed by atoms with Gasteiger partial charge < -0.3 is 29.0 Å². The number of benzene rings is 2. The van der Waals surface area contributed by atoms with E-state index in [-0.39, 0.29) is 24.2 Å². The van der Waals surface area contributed by atoms with Crippen molar-refractivity contribution in [3.05, 3.63) is 70.1 Å². The second-order valence-electron chi connectivity index (χ2n) is 9.67. The van der Waals surface area contributed by atoms with E-state index in [1.807, 2.05) is 37.3 Å². The molecule has 1 aliphatic heterocycles. The molecular formula is C30H35NO7. The van der Waals surface area contributed by atoms with Gasteiger partial charge in [-0.3, -0.25) is 4.79 Å². The maximum atomic E-state index is 13.9. The number of hydrogen-bond acceptors (Lipinski definition) is 8. The minimum absolute atomic E-state index is 0.0456. The van der Waals surface area contributed by atoms with Gasteiger partial charge in [0.05, 0.1) is 46.0 Å². The normalized spacial score (nSPS) is 19.1. The van der Waals surface area contributed by atoms with Crippen molar-refractivity contribution in [3.63, 3.8) is 0 Å². The van der Waals surface area contributed by atoms with Crippen LogP contribution in [0.3, 0.4) is 0 Å². The van der Waals surface area contributed by atoms with Crippen LogP contribution in [0.25, 0.3) is 0 Å². The van der Waals surface area contributed by atoms with Gasteiger partial charge >= 0.3 is 5.97 Å². The number of carbonyl (C=O) groups excluding carboxylic acids is 2. The topological polar surface area (TPSA) is 92.3 Å². The number of hydrogen-bond donors (Lipinski definition) is 1. The number of ether oxygens (including phenoxy) is 5. The lowest BCUT2D eigenvalue weighted by molar-refractivity contribution is -0.143. The molecule has 0 saturated carbocycles. The number of allylic oxidation sites excluding steroid dienone is 3. The van der Waals surface area contributed by atoms with Gasteiger partial charge in [-0.1, -0.05) is 18.2 Å². The molecule has 0 fully saturated rings. The van der Waals surface area contributed by atoms with Crippen LogP contribution in [0.15, 0.2) is 58.9 Å². The van der Waals surface area contributed by atoms with Crippen molar-refractivity contribution in [3.8, 4) is 23.0 Å². The molecule has 1 heterocycles. The Kier molecular flexibility index (Phi) is 7.99. The van der Waals surface area contributed by atoms with Crippen molar-refractivity contribution in [2.45, 2.75) is 51.6 Å². The van der Waals surface area contributed by atoms with E-state index in [0.717, 1.165) is 11.3 Å². The Hall–Kier alpha value is -3.94. The highest BCUT2D eigenvalue weighted by Gasteiger charge is 2.43. The van der Waals surface area contributed by atoms with E-state index in [1.54, 1.807) is 48.4 Å². The van der Waals surface area contributed by atoms with Gasteiger partial charge in [0.25, 0.3) is 0 Å². The monoisotopic (exact) mass is 521 g/mol. The molecular weight excluding hydrogens is 486 g/mol. The first-order chi connectivity index (χ1) is 18.2. The molecule has 8 heteroatoms. The van der Waals surface area contributed by atoms with Crippen LogP contribution in [-0.4, -0.2) is 46.3 Å². The van der Waals surface area contributed by atoms with Crippen molar-refractivity contribution in [1.29, 1.82) is 0 Å². The Bertz CT molecular complexity index is 1310. The minimum Gasteiger partial charge on any atom is -0.493 e. The summed E-state index contributed by atoms with van der Waals surface area (Å²) in [5.74, 6) is 0.989. The smallest absolute Gasteiger partial charge is 0.337 e. The summed E-state index contributed by atoms with van der Waals surface area (Å²) in [5.41, 5.74) is 4.02. The Morgan fingerprint density at radius 2 is 1.63 bits per heavy atom. The third kappa shape index (κ3) is 4.95. The Balaban J connectivity index is 1.84. The molecule has 2 aromatic carbocycles. The molecule has 4 rings (SSSR count). The number of dihydropyridines is 1. The maximum Gasteiger partial charge on any atom is 0.337 e. The summed E-state index contributed by atoms with van der Waals surface area (Å²) >= 11 is 0. The van der Waals surface area contributed by atoms with Crippen molar-refractivity contribution in [2.24, 2.45) is 0 Å². The summed E-state index contributed by atoms with van der Waals surface area (Å²) in [6.45, 7) is 5.44. The first-order valence-corrected chi connectivity index (χ1v) is 12.6. The zero-order valence-corrected chi connectivity index (χ0v) is 23.0. The largest absolute Gasteiger partial charge is 0.493 e. The Labute approximate surface area is 223 Å². The molecule has 202 valence electrons. The van der Waals surface area contributed by atoms with Gasteiger partial charge in [0.1, 0.15) is 0 Å². The van der Waals surface area contributed by atoms with E-state index in [0.29, 0.717) is 51.8 Å². The van der Waals surface area contributed by atoms with Gasteiger partial charge in [-0.05, 0) is 56.9 Å². The molecule has 0 bridgehead atoms. The van der Waals surface area contributed by atoms with E-state index in [4.69, 9.17) is 23.7 Å². The van der Waals surface area contributed by atoms with E-state index >= 15 is 0 Å². The number of esters is 1. The lowest BCUT2D eigenvalue weighted by Crippen LogP contribution is -2.36. The summed E-state index contributed by atoms with van der Waals surface area (Å²) in [7, 11) is 6.29. The lowest BCUT2D eigenvalue weighted by Gasteiger charge is -2.37. The first-order valence-electron chi connectivity index (χ1n) is 12.6. The van der Waals surface area contributed by atoms with Gasteiger partial charge in [-0.25, -0.2) is 4.79 Å². The molecule has 2 atom stereocenters. The van der Waals surface area contributed by atoms with E-state index in [2.05, 4.69) is 5.32 Å². The summed E-state index contributed by atoms with van der Waals surface area (Å²) in [4.78, 5) is 27.3. The van der Waals surface area contributed by atoms with E-state index in [1.165, 1.54) is 0 Å². The van der Waals surface area contributed by atoms with Gasteiger partial charge in [0, 0.05) is 29.0 Å². The third-order valence-electron chi connectivity index (χ3n) is 7.01. The zero-order chi connectivity index (χ0) is 27.6. The minimum atomic E-state index is -0.665. The number of ketones is 1. The number of carbonyl (C=O) groups is 2. The molecule has 1 aliphatic carbocycles. The molecule has 0 spiro atoms. The molecule has 0 radical (unpaired) electrons. The fourth-order valence-corrected chi connectivity index (χ4v) is 5.38. The molecule has 0 amide bonds. The van der Waals surface area contributed by atoms with Gasteiger partial charge in [0.15, 0.2) is 28.8 Å². The molecule has 0 aromatic heterocycles. The van der Waals surface area contributed by atoms with E-state index < -0.39 is 11.9 Å². The van der Waals surface area contributed by atoms with Crippen LogP contribution >= 0.6 is 0 Å². The molecule has 38 heavy (non-hydrogen) atoms. The van der Waals surface area contributed by atoms with Crippen molar-refractivity contribution in [2.75, 3.05) is 28.4 Å². The van der Waals surface area contributed by atoms with Crippen molar-refractivity contribution < 1.29 is 33.3 Å². The standard InChI is InChI=1S/C30H35NO7/c1-16(2)38-30(33)26-17(3)31-21-13-19(18-11-12-23(34-4)25(15-18)36-6)14-22(32)28(21)27(26)20-9-8-10-24(35-5)29(20)37-7/h8-12,15-16,19,27,31H,13-14H2,1-7H3. The van der Waals surface area contributed by atoms with Crippen LogP contribution in [-0.2, 0) is 14.3 Å². The molecule has 2 unspecified atom stereocenters. The maximum absolute atomic E-state index is 13.9. The van der Waals surface area contributed by atoms with E-state index in [9.17, 15) is 9.59 Å². The molecule has 8 nitrogen and oxygen atoms in total. The lowest BCUT2D eigenvalue weighted by atomic mass is 9.71. The number of Topliss-reactive ketones (excluding diaryl/α,β-unsaturated/α-hetero) is 1. The number of nitrogens with one attached hydrogen (secondary N) is 1. The summed E-state index contributed by atoms with van der Waals surface area (Å²) < 4.78 is 27.8. The van der Waals surface area contributed by atoms with Crippen molar-refractivity contribution >= 4 is 11.8 Å². The van der Waals surface area contributed by atoms with Crippen LogP contribution in [0.5, 0.6) is 23.0 Å². The summed E-state index contributed by atoms with van der Waals surface area (Å²) in [6, 6.07) is 11.2. The fraction of sp³-hybridized carbons (Fsp3) is 0.400. The van der Waals surface area contributed by atoms with Gasteiger partial charge in [0.2, 0.25) is 0 Å². The molecule has 1 N–H and O–H groups in total. The predicted octanol–water partition coefficient (Wildman–Crippen LogP) is 5.03. The summed E-state index contributed by atoms with van der Waals surface area (Å²) in [5, 5.41) is 3.38. The second kappa shape index (κ2) is 11.2. The fourth-order valence-electron chi connectivity index (χ4n) is 5.38. The highest BCUT2D eigenvalue weighted by Crippen LogP contribution is 2.49. The van der Waals surface area contributed by atoms with Crippen LogP contribution in [0, 0.1) is 0 Å². The quantitative estimate of drug-likeness (QED) is 0.484. The first kappa shape index (κ1) is 27.1. The number of rotatable bonds is 8. The number of methoxy groups -OCH3 is 4. The number of para-hydroxylation sites is 1. The van der Waals surface area contributed by atoms with Crippen LogP contribution in [0.4, 0.5) is 0 Å².